The first-order valence-electron chi connectivity index (χ1n) is 12.4. The van der Waals surface area contributed by atoms with Crippen molar-refractivity contribution in [1.82, 2.24) is 0 Å². The number of Topliss-reactive ketones (excluding diaryl/α,β-unsaturated/α-hetero) is 1. The van der Waals surface area contributed by atoms with E-state index in [4.69, 9.17) is 9.47 Å². The highest BCUT2D eigenvalue weighted by molar-refractivity contribution is 5.81. The first-order chi connectivity index (χ1) is 15.5. The molecule has 1 saturated heterocycles. The Morgan fingerprint density at radius 1 is 1.18 bits per heavy atom. The summed E-state index contributed by atoms with van der Waals surface area (Å²) in [7, 11) is 1.37. The molecule has 1 spiro atoms. The van der Waals surface area contributed by atoms with Gasteiger partial charge in [0.2, 0.25) is 0 Å². The Balaban J connectivity index is 1.62. The third kappa shape index (κ3) is 2.85. The lowest BCUT2D eigenvalue weighted by molar-refractivity contribution is -0.226. The Morgan fingerprint density at radius 2 is 1.94 bits per heavy atom. The topological polar surface area (TPSA) is 114 Å². The second kappa shape index (κ2) is 7.28. The van der Waals surface area contributed by atoms with E-state index in [1.807, 2.05) is 0 Å². The standard InChI is InChI=1S/C26H35NO6/c1-23-7-4-16(28)12-25(23,14-27)11-15(10-20(31)32-3)21-17-5-8-26(9-6-19(30)33-26)24(17,2)13-18(29)22(21)23/h15,17-18,21-22,29H,4-13H2,1-3H3/t15-,17?,18-,21?,22?,23-,24+,25-,26-/m1/s1. The summed E-state index contributed by atoms with van der Waals surface area (Å²) < 4.78 is 11.0. The van der Waals surface area contributed by atoms with Gasteiger partial charge in [0, 0.05) is 31.1 Å². The Labute approximate surface area is 195 Å². The summed E-state index contributed by atoms with van der Waals surface area (Å²) in [5.74, 6) is -0.540. The zero-order valence-electron chi connectivity index (χ0n) is 19.9. The molecule has 5 rings (SSSR count). The summed E-state index contributed by atoms with van der Waals surface area (Å²) in [5.41, 5.74) is -2.31. The van der Waals surface area contributed by atoms with E-state index in [0.717, 1.165) is 12.8 Å². The van der Waals surface area contributed by atoms with Crippen LogP contribution in [0, 0.1) is 51.2 Å². The molecule has 5 fully saturated rings. The highest BCUT2D eigenvalue weighted by atomic mass is 16.6. The fraction of sp³-hybridized carbons (Fsp3) is 0.846. The number of rotatable bonds is 2. The van der Waals surface area contributed by atoms with Crippen molar-refractivity contribution in [2.75, 3.05) is 7.11 Å². The molecule has 5 aliphatic rings. The Bertz CT molecular complexity index is 942. The number of hydrogen-bond acceptors (Lipinski definition) is 7. The van der Waals surface area contributed by atoms with E-state index < -0.39 is 22.5 Å². The van der Waals surface area contributed by atoms with Gasteiger partial charge < -0.3 is 14.6 Å². The van der Waals surface area contributed by atoms with Crippen LogP contribution in [0.1, 0.15) is 78.1 Å². The number of aliphatic hydroxyl groups is 1. The first-order valence-corrected chi connectivity index (χ1v) is 12.4. The average Bonchev–Trinajstić information content (AvgIpc) is 3.28. The molecule has 3 unspecified atom stereocenters. The second-order valence-electron chi connectivity index (χ2n) is 12.0. The van der Waals surface area contributed by atoms with Crippen LogP contribution in [0.15, 0.2) is 0 Å². The number of hydrogen-bond donors (Lipinski definition) is 1. The lowest BCUT2D eigenvalue weighted by Crippen LogP contribution is -2.66. The SMILES string of the molecule is COC(=O)C[C@@H]1C[C@]2(C#N)CC(=O)CC[C@]2(C)C2C1C1CC[C@@]3(CCC(=O)O3)[C@@]1(C)C[C@H]2O. The fourth-order valence-electron chi connectivity index (χ4n) is 9.39. The lowest BCUT2D eigenvalue weighted by atomic mass is 9.37. The van der Waals surface area contributed by atoms with Crippen LogP contribution in [0.25, 0.3) is 0 Å². The minimum atomic E-state index is -0.882. The van der Waals surface area contributed by atoms with Crippen molar-refractivity contribution in [3.05, 3.63) is 0 Å². The van der Waals surface area contributed by atoms with Crippen molar-refractivity contribution < 1.29 is 29.0 Å². The number of nitriles is 1. The number of carbonyl (C=O) groups is 3. The van der Waals surface area contributed by atoms with E-state index >= 15 is 0 Å². The number of aliphatic hydroxyl groups excluding tert-OH is 1. The van der Waals surface area contributed by atoms with E-state index in [2.05, 4.69) is 19.9 Å². The van der Waals surface area contributed by atoms with Gasteiger partial charge in [-0.1, -0.05) is 13.8 Å². The van der Waals surface area contributed by atoms with Gasteiger partial charge in [-0.2, -0.15) is 5.26 Å². The van der Waals surface area contributed by atoms with E-state index in [0.29, 0.717) is 38.5 Å². The number of ketones is 1. The molecule has 1 heterocycles. The minimum Gasteiger partial charge on any atom is -0.469 e. The molecule has 180 valence electrons. The third-order valence-electron chi connectivity index (χ3n) is 11.0. The Kier molecular flexibility index (Phi) is 5.04. The van der Waals surface area contributed by atoms with Gasteiger partial charge in [-0.3, -0.25) is 14.4 Å². The number of fused-ring (bicyclic) bond motifs is 6. The molecule has 4 aliphatic carbocycles. The van der Waals surface area contributed by atoms with Gasteiger partial charge in [0.15, 0.2) is 0 Å². The molecule has 9 atom stereocenters. The maximum Gasteiger partial charge on any atom is 0.306 e. The number of ether oxygens (including phenoxy) is 2. The van der Waals surface area contributed by atoms with Gasteiger partial charge in [-0.05, 0) is 67.6 Å². The van der Waals surface area contributed by atoms with Crippen LogP contribution in [0.2, 0.25) is 0 Å². The van der Waals surface area contributed by atoms with Crippen LogP contribution < -0.4 is 0 Å². The van der Waals surface area contributed by atoms with E-state index in [1.54, 1.807) is 0 Å². The average molecular weight is 458 g/mol. The van der Waals surface area contributed by atoms with Crippen LogP contribution in [-0.4, -0.2) is 41.6 Å². The van der Waals surface area contributed by atoms with Crippen molar-refractivity contribution in [2.24, 2.45) is 39.9 Å². The van der Waals surface area contributed by atoms with Crippen molar-refractivity contribution >= 4 is 17.7 Å². The van der Waals surface area contributed by atoms with Crippen LogP contribution in [-0.2, 0) is 23.9 Å². The molecule has 0 aromatic rings. The number of methoxy groups -OCH3 is 1. The molecule has 0 aromatic carbocycles. The van der Waals surface area contributed by atoms with Gasteiger partial charge in [-0.15, -0.1) is 0 Å². The smallest absolute Gasteiger partial charge is 0.306 e. The maximum absolute atomic E-state index is 12.5. The fourth-order valence-corrected chi connectivity index (χ4v) is 9.39. The maximum atomic E-state index is 12.5. The quantitative estimate of drug-likeness (QED) is 0.633. The zero-order valence-corrected chi connectivity index (χ0v) is 19.9. The highest BCUT2D eigenvalue weighted by Crippen LogP contribution is 2.73. The predicted molar refractivity (Wildman–Crippen MR) is 116 cm³/mol. The zero-order chi connectivity index (χ0) is 23.8. The van der Waals surface area contributed by atoms with Crippen LogP contribution in [0.4, 0.5) is 0 Å². The van der Waals surface area contributed by atoms with Crippen LogP contribution >= 0.6 is 0 Å². The molecular weight excluding hydrogens is 422 g/mol. The monoisotopic (exact) mass is 457 g/mol. The number of esters is 2. The van der Waals surface area contributed by atoms with Gasteiger partial charge >= 0.3 is 11.9 Å². The van der Waals surface area contributed by atoms with Crippen LogP contribution in [0.5, 0.6) is 0 Å². The summed E-state index contributed by atoms with van der Waals surface area (Å²) in [4.78, 5) is 37.2. The molecule has 0 amide bonds. The van der Waals surface area contributed by atoms with E-state index in [1.165, 1.54) is 7.11 Å². The molecule has 1 N–H and O–H groups in total. The van der Waals surface area contributed by atoms with Gasteiger partial charge in [-0.25, -0.2) is 0 Å². The lowest BCUT2D eigenvalue weighted by Gasteiger charge is -2.66. The predicted octanol–water partition coefficient (Wildman–Crippen LogP) is 3.33. The Morgan fingerprint density at radius 3 is 2.58 bits per heavy atom. The number of carbonyl (C=O) groups excluding carboxylic acids is 3. The summed E-state index contributed by atoms with van der Waals surface area (Å²) in [6.07, 6.45) is 4.44. The molecule has 33 heavy (non-hydrogen) atoms. The van der Waals surface area contributed by atoms with Gasteiger partial charge in [0.05, 0.1) is 24.7 Å². The normalized spacial score (nSPS) is 50.7. The van der Waals surface area contributed by atoms with Gasteiger partial charge in [0.25, 0.3) is 0 Å². The van der Waals surface area contributed by atoms with Crippen molar-refractivity contribution in [3.63, 3.8) is 0 Å². The molecule has 0 aromatic heterocycles. The Hall–Kier alpha value is -1.94. The second-order valence-corrected chi connectivity index (χ2v) is 12.0. The molecule has 4 saturated carbocycles. The molecule has 0 bridgehead atoms. The molecule has 0 radical (unpaired) electrons. The highest BCUT2D eigenvalue weighted by Gasteiger charge is 2.73. The summed E-state index contributed by atoms with van der Waals surface area (Å²) in [5, 5.41) is 22.2. The third-order valence-corrected chi connectivity index (χ3v) is 11.0. The summed E-state index contributed by atoms with van der Waals surface area (Å²) >= 11 is 0. The van der Waals surface area contributed by atoms with Crippen molar-refractivity contribution in [3.8, 4) is 6.07 Å². The van der Waals surface area contributed by atoms with Gasteiger partial charge in [0.1, 0.15) is 11.4 Å². The summed E-state index contributed by atoms with van der Waals surface area (Å²) in [6.45, 7) is 4.26. The van der Waals surface area contributed by atoms with Crippen LogP contribution in [0.3, 0.4) is 0 Å². The summed E-state index contributed by atoms with van der Waals surface area (Å²) in [6, 6.07) is 2.54. The van der Waals surface area contributed by atoms with E-state index in [9.17, 15) is 24.8 Å². The minimum absolute atomic E-state index is 0.0104. The molecule has 7 heteroatoms. The molecule has 7 nitrogen and oxygen atoms in total. The molecular formula is C26H35NO6. The first kappa shape index (κ1) is 22.8. The largest absolute Gasteiger partial charge is 0.469 e. The van der Waals surface area contributed by atoms with E-state index in [-0.39, 0.29) is 59.7 Å². The van der Waals surface area contributed by atoms with Crippen molar-refractivity contribution in [1.29, 1.82) is 5.26 Å². The number of nitrogens with zero attached hydrogens (tertiary/aromatic N) is 1. The van der Waals surface area contributed by atoms with Crippen molar-refractivity contribution in [2.45, 2.75) is 89.8 Å². The molecule has 1 aliphatic heterocycles.